The number of ether oxygens (including phenoxy) is 2. The number of quaternary nitrogens is 1. The largest absolute Gasteiger partial charge is 0.542 e. The smallest absolute Gasteiger partial charge is 0.430 e. The molecule has 0 saturated carbocycles. The number of benzene rings is 2. The summed E-state index contributed by atoms with van der Waals surface area (Å²) >= 11 is 0. The molecular formula is C28H33F3N2O7. The van der Waals surface area contributed by atoms with E-state index in [0.29, 0.717) is 41.9 Å². The molecule has 2 aromatic rings. The van der Waals surface area contributed by atoms with E-state index in [4.69, 9.17) is 19.4 Å². The van der Waals surface area contributed by atoms with Crippen molar-refractivity contribution in [2.45, 2.75) is 30.7 Å². The Kier molecular flexibility index (Phi) is 10.3. The summed E-state index contributed by atoms with van der Waals surface area (Å²) in [5.41, 5.74) is -0.940. The normalized spacial score (nSPS) is 22.0. The zero-order chi connectivity index (χ0) is 29.4. The Bertz CT molecular complexity index is 1100. The zero-order valence-electron chi connectivity index (χ0n) is 22.1. The molecule has 0 unspecified atom stereocenters. The Hall–Kier alpha value is -3.48. The van der Waals surface area contributed by atoms with Crippen LogP contribution in [0.5, 0.6) is 0 Å². The predicted molar refractivity (Wildman–Crippen MR) is 134 cm³/mol. The van der Waals surface area contributed by atoms with Crippen LogP contribution < -0.4 is 10.4 Å². The van der Waals surface area contributed by atoms with Gasteiger partial charge in [0.2, 0.25) is 5.60 Å². The topological polar surface area (TPSA) is 125 Å². The molecule has 3 heterocycles. The molecule has 1 amide bonds. The van der Waals surface area contributed by atoms with Crippen molar-refractivity contribution >= 4 is 17.8 Å². The second-order valence-corrected chi connectivity index (χ2v) is 9.98. The monoisotopic (exact) mass is 566 g/mol. The second-order valence-electron chi connectivity index (χ2n) is 9.98. The van der Waals surface area contributed by atoms with Crippen LogP contribution in [-0.4, -0.2) is 86.2 Å². The minimum atomic E-state index is -5.19. The molecule has 3 saturated heterocycles. The number of hydrogen-bond donors (Lipinski definition) is 2. The average molecular weight is 567 g/mol. The molecule has 0 radical (unpaired) electrons. The Morgan fingerprint density at radius 3 is 1.95 bits per heavy atom. The van der Waals surface area contributed by atoms with Crippen molar-refractivity contribution in [2.24, 2.45) is 5.92 Å². The van der Waals surface area contributed by atoms with Gasteiger partial charge < -0.3 is 34.3 Å². The number of aliphatic hydroxyl groups is 1. The fourth-order valence-electron chi connectivity index (χ4n) is 5.21. The van der Waals surface area contributed by atoms with Gasteiger partial charge in [-0.05, 0) is 11.1 Å². The van der Waals surface area contributed by atoms with E-state index in [-0.39, 0.29) is 17.9 Å². The Balaban J connectivity index is 0.000000559. The number of carbonyl (C=O) groups excluding carboxylic acids is 3. The standard InChI is InChI=1S/C26H32N2O5.C2HF3O2/c1-32-17-14-27-24(29)19-28-15-12-20(13-16-28)23(18-28)33-25(30)26(31,21-8-4-2-5-9-21)22-10-6-3-7-11-22;3-2(4,5)1(6)7/h2-11,20,23,31H,12-19H2,1H3;(H,6,7)/t20?,23-,28?;/m0./s1. The minimum absolute atomic E-state index is 0.0115. The molecule has 5 rings (SSSR count). The second kappa shape index (κ2) is 13.2. The number of carboxylic acids is 1. The molecule has 40 heavy (non-hydrogen) atoms. The van der Waals surface area contributed by atoms with Crippen molar-refractivity contribution in [3.05, 3.63) is 71.8 Å². The molecule has 1 atom stereocenters. The first-order valence-corrected chi connectivity index (χ1v) is 12.8. The Labute approximate surface area is 230 Å². The number of alkyl halides is 3. The number of halogens is 3. The maximum Gasteiger partial charge on any atom is 0.430 e. The third kappa shape index (κ3) is 7.58. The van der Waals surface area contributed by atoms with Crippen molar-refractivity contribution in [3.63, 3.8) is 0 Å². The number of amides is 1. The van der Waals surface area contributed by atoms with Crippen LogP contribution >= 0.6 is 0 Å². The van der Waals surface area contributed by atoms with Crippen LogP contribution in [0.1, 0.15) is 24.0 Å². The summed E-state index contributed by atoms with van der Waals surface area (Å²) in [6.07, 6.45) is -3.72. The number of carbonyl (C=O) groups is 3. The lowest BCUT2D eigenvalue weighted by molar-refractivity contribution is -0.939. The molecule has 9 nitrogen and oxygen atoms in total. The highest BCUT2D eigenvalue weighted by molar-refractivity contribution is 5.85. The zero-order valence-corrected chi connectivity index (χ0v) is 22.1. The highest BCUT2D eigenvalue weighted by Gasteiger charge is 2.51. The molecule has 0 aromatic heterocycles. The number of aliphatic carboxylic acids is 1. The number of hydrogen-bond acceptors (Lipinski definition) is 7. The highest BCUT2D eigenvalue weighted by atomic mass is 19.4. The molecule has 2 bridgehead atoms. The van der Waals surface area contributed by atoms with E-state index in [0.717, 1.165) is 25.9 Å². The number of rotatable bonds is 9. The van der Waals surface area contributed by atoms with Crippen molar-refractivity contribution in [1.82, 2.24) is 5.32 Å². The number of esters is 1. The van der Waals surface area contributed by atoms with Gasteiger partial charge in [-0.25, -0.2) is 4.79 Å². The van der Waals surface area contributed by atoms with Gasteiger partial charge >= 0.3 is 12.1 Å². The summed E-state index contributed by atoms with van der Waals surface area (Å²) in [6.45, 7) is 3.72. The van der Waals surface area contributed by atoms with Gasteiger partial charge in [0.1, 0.15) is 12.5 Å². The van der Waals surface area contributed by atoms with Gasteiger partial charge in [0.25, 0.3) is 5.91 Å². The summed E-state index contributed by atoms with van der Waals surface area (Å²) in [7, 11) is 1.61. The van der Waals surface area contributed by atoms with Crippen molar-refractivity contribution < 1.29 is 51.7 Å². The van der Waals surface area contributed by atoms with Crippen LogP contribution in [0.3, 0.4) is 0 Å². The Morgan fingerprint density at radius 2 is 1.50 bits per heavy atom. The summed E-state index contributed by atoms with van der Waals surface area (Å²) in [4.78, 5) is 34.8. The fraction of sp³-hybridized carbons (Fsp3) is 0.464. The maximum absolute atomic E-state index is 13.5. The molecule has 3 aliphatic heterocycles. The lowest BCUT2D eigenvalue weighted by atomic mass is 9.82. The van der Waals surface area contributed by atoms with E-state index in [1.807, 2.05) is 12.1 Å². The van der Waals surface area contributed by atoms with Crippen LogP contribution in [0.25, 0.3) is 0 Å². The van der Waals surface area contributed by atoms with E-state index < -0.39 is 23.7 Å². The van der Waals surface area contributed by atoms with E-state index in [2.05, 4.69) is 5.32 Å². The summed E-state index contributed by atoms with van der Waals surface area (Å²) < 4.78 is 43.2. The van der Waals surface area contributed by atoms with Gasteiger partial charge in [0, 0.05) is 32.4 Å². The van der Waals surface area contributed by atoms with Crippen LogP contribution in [0, 0.1) is 5.92 Å². The number of piperidine rings is 3. The van der Waals surface area contributed by atoms with Crippen molar-refractivity contribution in [3.8, 4) is 0 Å². The summed E-state index contributed by atoms with van der Waals surface area (Å²) in [5, 5.41) is 23.4. The van der Waals surface area contributed by atoms with Gasteiger partial charge in [-0.2, -0.15) is 13.2 Å². The van der Waals surface area contributed by atoms with Gasteiger partial charge in [-0.3, -0.25) is 4.79 Å². The average Bonchev–Trinajstić information content (AvgIpc) is 2.94. The molecule has 2 N–H and O–H groups in total. The van der Waals surface area contributed by atoms with Gasteiger partial charge in [0.05, 0.1) is 19.7 Å². The number of methoxy groups -OCH3 is 1. The van der Waals surface area contributed by atoms with E-state index >= 15 is 0 Å². The van der Waals surface area contributed by atoms with Crippen LogP contribution in [-0.2, 0) is 29.5 Å². The van der Waals surface area contributed by atoms with Crippen molar-refractivity contribution in [1.29, 1.82) is 0 Å². The number of nitrogens with one attached hydrogen (secondary N) is 1. The molecule has 218 valence electrons. The molecular weight excluding hydrogens is 533 g/mol. The molecule has 3 fully saturated rings. The van der Waals surface area contributed by atoms with E-state index in [1.165, 1.54) is 0 Å². The first kappa shape index (κ1) is 31.1. The first-order valence-electron chi connectivity index (χ1n) is 12.8. The number of fused-ring (bicyclic) bond motifs is 3. The van der Waals surface area contributed by atoms with Crippen LogP contribution in [0.2, 0.25) is 0 Å². The van der Waals surface area contributed by atoms with Gasteiger partial charge in [-0.1, -0.05) is 60.7 Å². The molecule has 0 spiro atoms. The highest BCUT2D eigenvalue weighted by Crippen LogP contribution is 2.38. The van der Waals surface area contributed by atoms with Crippen LogP contribution in [0.15, 0.2) is 60.7 Å². The Morgan fingerprint density at radius 1 is 1.00 bits per heavy atom. The third-order valence-electron chi connectivity index (χ3n) is 7.32. The summed E-state index contributed by atoms with van der Waals surface area (Å²) in [5.74, 6) is -3.43. The summed E-state index contributed by atoms with van der Waals surface area (Å²) in [6, 6.07) is 17.8. The first-order chi connectivity index (χ1) is 18.9. The maximum atomic E-state index is 13.5. The molecule has 3 aliphatic rings. The fourth-order valence-corrected chi connectivity index (χ4v) is 5.21. The van der Waals surface area contributed by atoms with Crippen molar-refractivity contribution in [2.75, 3.05) is 46.4 Å². The van der Waals surface area contributed by atoms with Gasteiger partial charge in [0.15, 0.2) is 12.6 Å². The third-order valence-corrected chi connectivity index (χ3v) is 7.32. The van der Waals surface area contributed by atoms with Gasteiger partial charge in [-0.15, -0.1) is 0 Å². The molecule has 0 aliphatic carbocycles. The molecule has 2 aromatic carbocycles. The van der Waals surface area contributed by atoms with E-state index in [1.54, 1.807) is 55.6 Å². The molecule has 12 heteroatoms. The van der Waals surface area contributed by atoms with Crippen LogP contribution in [0.4, 0.5) is 13.2 Å². The lowest BCUT2D eigenvalue weighted by Gasteiger charge is -2.51. The predicted octanol–water partition coefficient (Wildman–Crippen LogP) is 1.14. The van der Waals surface area contributed by atoms with E-state index in [9.17, 15) is 27.9 Å². The quantitative estimate of drug-likeness (QED) is 0.265. The minimum Gasteiger partial charge on any atom is -0.542 e. The SMILES string of the molecule is COCCNC(=O)C[N+]12CCC(CC1)[C@@H](OC(=O)C(O)(c1ccccc1)c1ccccc1)C2.O=C([O-])C(F)(F)F. The lowest BCUT2D eigenvalue weighted by Crippen LogP contribution is -2.67. The number of nitrogens with zero attached hydrogens (tertiary/aromatic N) is 1. The number of carboxylic acid groups (broad SMARTS) is 1.